The Hall–Kier alpha value is -2.89. The summed E-state index contributed by atoms with van der Waals surface area (Å²) in [6, 6.07) is 10.8. The Morgan fingerprint density at radius 3 is 2.60 bits per heavy atom. The average Bonchev–Trinajstić information content (AvgIpc) is 2.85. The van der Waals surface area contributed by atoms with Crippen LogP contribution < -0.4 is 15.0 Å². The summed E-state index contributed by atoms with van der Waals surface area (Å²) in [6.45, 7) is 6.12. The maximum absolute atomic E-state index is 12.7. The molecule has 186 valence electrons. The van der Waals surface area contributed by atoms with E-state index in [1.807, 2.05) is 12.1 Å². The monoisotopic (exact) mass is 497 g/mol. The quantitative estimate of drug-likeness (QED) is 0.621. The zero-order chi connectivity index (χ0) is 25.0. The van der Waals surface area contributed by atoms with Crippen molar-refractivity contribution in [3.8, 4) is 11.8 Å². The Morgan fingerprint density at radius 1 is 1.23 bits per heavy atom. The number of halogens is 1. The second kappa shape index (κ2) is 10.8. The van der Waals surface area contributed by atoms with Crippen molar-refractivity contribution in [3.63, 3.8) is 0 Å². The van der Waals surface area contributed by atoms with Crippen LogP contribution in [0.4, 0.5) is 5.82 Å². The van der Waals surface area contributed by atoms with Gasteiger partial charge in [-0.1, -0.05) is 25.4 Å². The molecule has 2 N–H and O–H groups in total. The predicted octanol–water partition coefficient (Wildman–Crippen LogP) is 3.97. The van der Waals surface area contributed by atoms with E-state index in [4.69, 9.17) is 21.6 Å². The number of aliphatic hydroxyl groups is 1. The van der Waals surface area contributed by atoms with Gasteiger partial charge in [0.15, 0.2) is 11.5 Å². The molecule has 1 aromatic carbocycles. The van der Waals surface area contributed by atoms with E-state index in [9.17, 15) is 9.90 Å². The molecule has 2 aliphatic rings. The molecule has 8 nitrogen and oxygen atoms in total. The lowest BCUT2D eigenvalue weighted by atomic mass is 9.74. The Balaban J connectivity index is 1.26. The van der Waals surface area contributed by atoms with Gasteiger partial charge in [0, 0.05) is 31.8 Å². The van der Waals surface area contributed by atoms with Crippen molar-refractivity contribution >= 4 is 23.3 Å². The van der Waals surface area contributed by atoms with Crippen molar-refractivity contribution < 1.29 is 14.6 Å². The average molecular weight is 498 g/mol. The van der Waals surface area contributed by atoms with Gasteiger partial charge in [0.25, 0.3) is 5.91 Å². The number of nitrogens with zero attached hydrogens (tertiary/aromatic N) is 4. The first kappa shape index (κ1) is 25.2. The number of piperidine rings is 1. The predicted molar refractivity (Wildman–Crippen MR) is 134 cm³/mol. The topological polar surface area (TPSA) is 111 Å². The van der Waals surface area contributed by atoms with Gasteiger partial charge in [-0.15, -0.1) is 10.2 Å². The summed E-state index contributed by atoms with van der Waals surface area (Å²) >= 11 is 6.09. The van der Waals surface area contributed by atoms with E-state index in [1.165, 1.54) is 0 Å². The van der Waals surface area contributed by atoms with Crippen LogP contribution in [0.25, 0.3) is 0 Å². The summed E-state index contributed by atoms with van der Waals surface area (Å²) in [7, 11) is 0. The molecule has 35 heavy (non-hydrogen) atoms. The minimum absolute atomic E-state index is 0.0143. The van der Waals surface area contributed by atoms with Crippen molar-refractivity contribution in [2.75, 3.05) is 24.6 Å². The Bertz CT molecular complexity index is 1080. The molecule has 9 heteroatoms. The first-order valence-electron chi connectivity index (χ1n) is 12.2. The summed E-state index contributed by atoms with van der Waals surface area (Å²) in [5, 5.41) is 30.6. The number of nitrogens with one attached hydrogen (secondary N) is 1. The van der Waals surface area contributed by atoms with Crippen molar-refractivity contribution in [1.82, 2.24) is 15.5 Å². The maximum Gasteiger partial charge on any atom is 0.272 e. The molecule has 1 saturated heterocycles. The SMILES string of the molecule is CC1(C)CN(c2ccc(C(=O)NC3CCC(Oc4ccc(C#N)c(Cl)c4)CC3)nn2)CCC1CO. The normalized spacial score (nSPS) is 23.9. The first-order chi connectivity index (χ1) is 16.8. The highest BCUT2D eigenvalue weighted by Crippen LogP contribution is 2.36. The molecule has 1 aliphatic heterocycles. The number of aromatic nitrogens is 2. The fourth-order valence-corrected chi connectivity index (χ4v) is 5.20. The third-order valence-electron chi connectivity index (χ3n) is 7.25. The van der Waals surface area contributed by atoms with Crippen LogP contribution in [0.1, 0.15) is 62.0 Å². The maximum atomic E-state index is 12.7. The number of nitriles is 1. The van der Waals surface area contributed by atoms with Crippen LogP contribution >= 0.6 is 11.6 Å². The Labute approximate surface area is 211 Å². The molecule has 1 saturated carbocycles. The standard InChI is InChI=1S/C26H32ClN5O3/c1-26(2)16-32(12-11-18(26)15-33)24-10-9-23(30-31-24)25(34)29-19-4-7-20(8-5-19)35-21-6-3-17(14-28)22(27)13-21/h3,6,9-10,13,18-20,33H,4-5,7-8,11-12,15-16H2,1-2H3,(H,29,34). The number of hydrogen-bond donors (Lipinski definition) is 2. The summed E-state index contributed by atoms with van der Waals surface area (Å²) in [5.41, 5.74) is 0.722. The Kier molecular flexibility index (Phi) is 7.78. The number of hydrogen-bond acceptors (Lipinski definition) is 7. The molecule has 0 spiro atoms. The van der Waals surface area contributed by atoms with Crippen molar-refractivity contribution in [1.29, 1.82) is 5.26 Å². The van der Waals surface area contributed by atoms with Crippen LogP contribution in [-0.4, -0.2) is 53.1 Å². The highest BCUT2D eigenvalue weighted by atomic mass is 35.5. The van der Waals surface area contributed by atoms with E-state index in [0.717, 1.165) is 51.0 Å². The summed E-state index contributed by atoms with van der Waals surface area (Å²) < 4.78 is 6.03. The molecular weight excluding hydrogens is 466 g/mol. The number of rotatable bonds is 6. The van der Waals surface area contributed by atoms with Crippen LogP contribution in [0.2, 0.25) is 5.02 Å². The number of amides is 1. The van der Waals surface area contributed by atoms with E-state index in [1.54, 1.807) is 24.3 Å². The second-order valence-electron chi connectivity index (χ2n) is 10.2. The highest BCUT2D eigenvalue weighted by Gasteiger charge is 2.36. The summed E-state index contributed by atoms with van der Waals surface area (Å²) in [6.07, 6.45) is 4.18. The Morgan fingerprint density at radius 2 is 2.00 bits per heavy atom. The second-order valence-corrected chi connectivity index (χ2v) is 10.6. The van der Waals surface area contributed by atoms with Gasteiger partial charge in [-0.2, -0.15) is 5.26 Å². The third-order valence-corrected chi connectivity index (χ3v) is 7.56. The highest BCUT2D eigenvalue weighted by molar-refractivity contribution is 6.31. The van der Waals surface area contributed by atoms with E-state index in [-0.39, 0.29) is 36.0 Å². The minimum atomic E-state index is -0.216. The van der Waals surface area contributed by atoms with Crippen LogP contribution in [0.3, 0.4) is 0 Å². The van der Waals surface area contributed by atoms with Gasteiger partial charge >= 0.3 is 0 Å². The number of ether oxygens (including phenoxy) is 1. The number of anilines is 1. The molecule has 2 aromatic rings. The van der Waals surface area contributed by atoms with Gasteiger partial charge in [-0.3, -0.25) is 4.79 Å². The van der Waals surface area contributed by atoms with Crippen LogP contribution in [0, 0.1) is 22.7 Å². The molecule has 4 rings (SSSR count). The molecule has 1 aromatic heterocycles. The van der Waals surface area contributed by atoms with Gasteiger partial charge in [-0.05, 0) is 67.7 Å². The van der Waals surface area contributed by atoms with E-state index in [2.05, 4.69) is 34.3 Å². The van der Waals surface area contributed by atoms with Gasteiger partial charge < -0.3 is 20.1 Å². The van der Waals surface area contributed by atoms with Crippen LogP contribution in [-0.2, 0) is 0 Å². The number of carbonyl (C=O) groups is 1. The van der Waals surface area contributed by atoms with Gasteiger partial charge in [0.2, 0.25) is 0 Å². The fourth-order valence-electron chi connectivity index (χ4n) is 4.99. The third kappa shape index (κ3) is 6.03. The lowest BCUT2D eigenvalue weighted by Gasteiger charge is -2.44. The molecular formula is C26H32ClN5O3. The number of aliphatic hydroxyl groups excluding tert-OH is 1. The lowest BCUT2D eigenvalue weighted by Crippen LogP contribution is -2.47. The largest absolute Gasteiger partial charge is 0.490 e. The molecule has 1 aliphatic carbocycles. The fraction of sp³-hybridized carbons (Fsp3) is 0.538. The van der Waals surface area contributed by atoms with Gasteiger partial charge in [0.1, 0.15) is 11.8 Å². The number of benzene rings is 1. The summed E-state index contributed by atoms with van der Waals surface area (Å²) in [5.74, 6) is 1.47. The lowest BCUT2D eigenvalue weighted by molar-refractivity contribution is 0.0887. The van der Waals surface area contributed by atoms with E-state index >= 15 is 0 Å². The van der Waals surface area contributed by atoms with E-state index < -0.39 is 0 Å². The molecule has 0 radical (unpaired) electrons. The molecule has 1 atom stereocenters. The molecule has 1 unspecified atom stereocenters. The van der Waals surface area contributed by atoms with Crippen molar-refractivity contribution in [3.05, 3.63) is 46.6 Å². The molecule has 0 bridgehead atoms. The van der Waals surface area contributed by atoms with Crippen molar-refractivity contribution in [2.24, 2.45) is 11.3 Å². The summed E-state index contributed by atoms with van der Waals surface area (Å²) in [4.78, 5) is 14.9. The first-order valence-corrected chi connectivity index (χ1v) is 12.5. The van der Waals surface area contributed by atoms with Gasteiger partial charge in [0.05, 0.1) is 16.7 Å². The van der Waals surface area contributed by atoms with E-state index in [0.29, 0.717) is 22.0 Å². The zero-order valence-corrected chi connectivity index (χ0v) is 21.0. The minimum Gasteiger partial charge on any atom is -0.490 e. The molecule has 1 amide bonds. The molecule has 2 fully saturated rings. The van der Waals surface area contributed by atoms with Crippen LogP contribution in [0.5, 0.6) is 5.75 Å². The van der Waals surface area contributed by atoms with Gasteiger partial charge in [-0.25, -0.2) is 0 Å². The smallest absolute Gasteiger partial charge is 0.272 e. The van der Waals surface area contributed by atoms with Crippen molar-refractivity contribution in [2.45, 2.75) is 58.1 Å². The zero-order valence-electron chi connectivity index (χ0n) is 20.2. The number of carbonyl (C=O) groups excluding carboxylic acids is 1. The van der Waals surface area contributed by atoms with Crippen LogP contribution in [0.15, 0.2) is 30.3 Å². The molecule has 2 heterocycles.